The summed E-state index contributed by atoms with van der Waals surface area (Å²) in [5, 5.41) is 9.45. The van der Waals surface area contributed by atoms with Gasteiger partial charge in [-0.1, -0.05) is 17.7 Å². The Bertz CT molecular complexity index is 849. The summed E-state index contributed by atoms with van der Waals surface area (Å²) < 4.78 is 31.7. The second kappa shape index (κ2) is 7.11. The van der Waals surface area contributed by atoms with Gasteiger partial charge in [-0.25, -0.2) is 8.42 Å². The first-order chi connectivity index (χ1) is 11.3. The lowest BCUT2D eigenvalue weighted by atomic mass is 10.2. The molecule has 0 spiro atoms. The van der Waals surface area contributed by atoms with Crippen LogP contribution in [0.15, 0.2) is 47.4 Å². The van der Waals surface area contributed by atoms with E-state index in [-0.39, 0.29) is 10.6 Å². The number of aryl methyl sites for hydroxylation is 1. The van der Waals surface area contributed by atoms with E-state index in [9.17, 15) is 13.2 Å². The predicted octanol–water partition coefficient (Wildman–Crippen LogP) is 2.94. The highest BCUT2D eigenvalue weighted by Crippen LogP contribution is 2.30. The number of methoxy groups -OCH3 is 1. The zero-order chi connectivity index (χ0) is 17.9. The van der Waals surface area contributed by atoms with Crippen LogP contribution in [-0.2, 0) is 14.8 Å². The minimum atomic E-state index is -4.08. The molecular formula is C16H16ClNO5S. The summed E-state index contributed by atoms with van der Waals surface area (Å²) in [4.78, 5) is 11.2. The molecule has 0 atom stereocenters. The third kappa shape index (κ3) is 3.80. The minimum Gasteiger partial charge on any atom is -0.497 e. The molecule has 0 bridgehead atoms. The SMILES string of the molecule is COc1ccc(S(=O)(=O)N(CC(=O)O)c2cc(Cl)ccc2C)cc1. The van der Waals surface area contributed by atoms with Crippen LogP contribution in [0.2, 0.25) is 5.02 Å². The second-order valence-electron chi connectivity index (χ2n) is 5.01. The molecule has 24 heavy (non-hydrogen) atoms. The first-order valence-electron chi connectivity index (χ1n) is 6.90. The Balaban J connectivity index is 2.57. The van der Waals surface area contributed by atoms with Gasteiger partial charge in [0.1, 0.15) is 12.3 Å². The Morgan fingerprint density at radius 2 is 1.83 bits per heavy atom. The highest BCUT2D eigenvalue weighted by atomic mass is 35.5. The number of carboxylic acid groups (broad SMARTS) is 1. The number of hydrogen-bond acceptors (Lipinski definition) is 4. The van der Waals surface area contributed by atoms with Crippen molar-refractivity contribution in [2.45, 2.75) is 11.8 Å². The zero-order valence-corrected chi connectivity index (χ0v) is 14.6. The van der Waals surface area contributed by atoms with Crippen LogP contribution in [-0.4, -0.2) is 33.1 Å². The number of hydrogen-bond donors (Lipinski definition) is 1. The minimum absolute atomic E-state index is 0.0380. The van der Waals surface area contributed by atoms with Gasteiger partial charge in [0.25, 0.3) is 10.0 Å². The monoisotopic (exact) mass is 369 g/mol. The van der Waals surface area contributed by atoms with Gasteiger partial charge < -0.3 is 9.84 Å². The molecule has 2 rings (SSSR count). The lowest BCUT2D eigenvalue weighted by molar-refractivity contribution is -0.135. The molecule has 2 aromatic carbocycles. The van der Waals surface area contributed by atoms with E-state index >= 15 is 0 Å². The molecule has 0 aromatic heterocycles. The second-order valence-corrected chi connectivity index (χ2v) is 7.31. The third-order valence-electron chi connectivity index (χ3n) is 3.37. The largest absolute Gasteiger partial charge is 0.497 e. The summed E-state index contributed by atoms with van der Waals surface area (Å²) in [6.45, 7) is 0.972. The van der Waals surface area contributed by atoms with Gasteiger partial charge >= 0.3 is 5.97 Å². The Labute approximate surface area is 145 Å². The van der Waals surface area contributed by atoms with E-state index in [1.807, 2.05) is 0 Å². The molecule has 0 aliphatic rings. The van der Waals surface area contributed by atoms with Crippen molar-refractivity contribution in [2.75, 3.05) is 18.0 Å². The average molecular weight is 370 g/mol. The quantitative estimate of drug-likeness (QED) is 0.846. The first kappa shape index (κ1) is 18.1. The van der Waals surface area contributed by atoms with Crippen LogP contribution >= 0.6 is 11.6 Å². The van der Waals surface area contributed by atoms with Crippen LogP contribution in [0, 0.1) is 6.92 Å². The molecule has 0 unspecified atom stereocenters. The van der Waals surface area contributed by atoms with Crippen molar-refractivity contribution < 1.29 is 23.1 Å². The number of ether oxygens (including phenoxy) is 1. The van der Waals surface area contributed by atoms with E-state index in [0.29, 0.717) is 16.3 Å². The number of nitrogens with zero attached hydrogens (tertiary/aromatic N) is 1. The van der Waals surface area contributed by atoms with E-state index in [1.165, 1.54) is 37.4 Å². The van der Waals surface area contributed by atoms with Gasteiger partial charge in [-0.05, 0) is 48.9 Å². The number of rotatable bonds is 6. The Hall–Kier alpha value is -2.25. The summed E-state index contributed by atoms with van der Waals surface area (Å²) in [5.74, 6) is -0.774. The molecule has 8 heteroatoms. The Kier molecular flexibility index (Phi) is 5.36. The maximum absolute atomic E-state index is 12.9. The van der Waals surface area contributed by atoms with E-state index in [4.69, 9.17) is 21.4 Å². The molecule has 2 aromatic rings. The first-order valence-corrected chi connectivity index (χ1v) is 8.72. The van der Waals surface area contributed by atoms with E-state index in [2.05, 4.69) is 0 Å². The number of sulfonamides is 1. The number of carbonyl (C=O) groups is 1. The number of aliphatic carboxylic acids is 1. The number of anilines is 1. The molecule has 0 fully saturated rings. The Morgan fingerprint density at radius 3 is 2.38 bits per heavy atom. The molecule has 128 valence electrons. The summed E-state index contributed by atoms with van der Waals surface area (Å²) in [6, 6.07) is 10.4. The van der Waals surface area contributed by atoms with Crippen LogP contribution in [0.1, 0.15) is 5.56 Å². The smallest absolute Gasteiger partial charge is 0.324 e. The van der Waals surface area contributed by atoms with Crippen molar-refractivity contribution in [3.63, 3.8) is 0 Å². The summed E-state index contributed by atoms with van der Waals surface area (Å²) >= 11 is 5.95. The number of halogens is 1. The molecule has 0 radical (unpaired) electrons. The normalized spacial score (nSPS) is 11.1. The van der Waals surface area contributed by atoms with Gasteiger partial charge in [0.2, 0.25) is 0 Å². The van der Waals surface area contributed by atoms with Crippen LogP contribution in [0.25, 0.3) is 0 Å². The van der Waals surface area contributed by atoms with Crippen molar-refractivity contribution in [3.8, 4) is 5.75 Å². The van der Waals surface area contributed by atoms with Gasteiger partial charge in [0.05, 0.1) is 17.7 Å². The third-order valence-corrected chi connectivity index (χ3v) is 5.38. The molecule has 0 heterocycles. The van der Waals surface area contributed by atoms with Crippen LogP contribution in [0.5, 0.6) is 5.75 Å². The summed E-state index contributed by atoms with van der Waals surface area (Å²) in [5.41, 5.74) is 0.818. The summed E-state index contributed by atoms with van der Waals surface area (Å²) in [6.07, 6.45) is 0. The van der Waals surface area contributed by atoms with E-state index in [0.717, 1.165) is 4.31 Å². The van der Waals surface area contributed by atoms with Crippen LogP contribution in [0.4, 0.5) is 5.69 Å². The van der Waals surface area contributed by atoms with Gasteiger partial charge in [-0.3, -0.25) is 9.10 Å². The molecule has 6 nitrogen and oxygen atoms in total. The van der Waals surface area contributed by atoms with Crippen molar-refractivity contribution >= 4 is 33.3 Å². The van der Waals surface area contributed by atoms with E-state index in [1.54, 1.807) is 19.1 Å². The standard InChI is InChI=1S/C16H16ClNO5S/c1-11-3-4-12(17)9-15(11)18(10-16(19)20)24(21,22)14-7-5-13(23-2)6-8-14/h3-9H,10H2,1-2H3,(H,19,20). The maximum atomic E-state index is 12.9. The predicted molar refractivity (Wildman–Crippen MR) is 91.4 cm³/mol. The fourth-order valence-corrected chi connectivity index (χ4v) is 3.79. The van der Waals surface area contributed by atoms with Crippen LogP contribution < -0.4 is 9.04 Å². The topological polar surface area (TPSA) is 83.9 Å². The molecule has 1 N–H and O–H groups in total. The average Bonchev–Trinajstić information content (AvgIpc) is 2.55. The number of benzene rings is 2. The molecule has 0 amide bonds. The number of carboxylic acids is 1. The lowest BCUT2D eigenvalue weighted by Crippen LogP contribution is -2.36. The van der Waals surface area contributed by atoms with E-state index < -0.39 is 22.5 Å². The highest BCUT2D eigenvalue weighted by molar-refractivity contribution is 7.92. The van der Waals surface area contributed by atoms with Gasteiger partial charge in [0, 0.05) is 5.02 Å². The van der Waals surface area contributed by atoms with Crippen LogP contribution in [0.3, 0.4) is 0 Å². The fourth-order valence-electron chi connectivity index (χ4n) is 2.15. The lowest BCUT2D eigenvalue weighted by Gasteiger charge is -2.24. The van der Waals surface area contributed by atoms with Crippen molar-refractivity contribution in [3.05, 3.63) is 53.1 Å². The van der Waals surface area contributed by atoms with Crippen molar-refractivity contribution in [1.29, 1.82) is 0 Å². The molecular weight excluding hydrogens is 354 g/mol. The van der Waals surface area contributed by atoms with Gasteiger partial charge in [-0.15, -0.1) is 0 Å². The molecule has 0 saturated heterocycles. The maximum Gasteiger partial charge on any atom is 0.324 e. The van der Waals surface area contributed by atoms with Gasteiger partial charge in [-0.2, -0.15) is 0 Å². The van der Waals surface area contributed by atoms with Crippen molar-refractivity contribution in [1.82, 2.24) is 0 Å². The zero-order valence-electron chi connectivity index (χ0n) is 13.1. The Morgan fingerprint density at radius 1 is 1.21 bits per heavy atom. The van der Waals surface area contributed by atoms with Gasteiger partial charge in [0.15, 0.2) is 0 Å². The highest BCUT2D eigenvalue weighted by Gasteiger charge is 2.28. The molecule has 0 aliphatic heterocycles. The van der Waals surface area contributed by atoms with Crippen molar-refractivity contribution in [2.24, 2.45) is 0 Å². The fraction of sp³-hybridized carbons (Fsp3) is 0.188. The summed E-state index contributed by atoms with van der Waals surface area (Å²) in [7, 11) is -2.61. The molecule has 0 aliphatic carbocycles. The molecule has 0 saturated carbocycles.